The molecule has 0 heterocycles. The lowest BCUT2D eigenvalue weighted by Gasteiger charge is -2.09. The van der Waals surface area contributed by atoms with E-state index in [0.29, 0.717) is 24.2 Å². The molecule has 0 amide bonds. The van der Waals surface area contributed by atoms with E-state index in [1.165, 1.54) is 6.07 Å². The summed E-state index contributed by atoms with van der Waals surface area (Å²) in [5.41, 5.74) is 1.48. The van der Waals surface area contributed by atoms with Crippen LogP contribution >= 0.6 is 22.6 Å². The Kier molecular flexibility index (Phi) is 4.19. The molecule has 18 heavy (non-hydrogen) atoms. The van der Waals surface area contributed by atoms with Crippen molar-refractivity contribution in [1.29, 1.82) is 0 Å². The maximum Gasteiger partial charge on any atom is 0.162 e. The highest BCUT2D eigenvalue weighted by Gasteiger charge is 2.08. The van der Waals surface area contributed by atoms with Crippen molar-refractivity contribution in [3.63, 3.8) is 0 Å². The van der Waals surface area contributed by atoms with Crippen molar-refractivity contribution in [2.75, 3.05) is 0 Å². The van der Waals surface area contributed by atoms with Gasteiger partial charge in [0, 0.05) is 9.13 Å². The number of benzene rings is 2. The third kappa shape index (κ3) is 3.01. The largest absolute Gasteiger partial charge is 0.504 e. The van der Waals surface area contributed by atoms with Crippen LogP contribution in [-0.2, 0) is 6.61 Å². The first-order valence-corrected chi connectivity index (χ1v) is 6.43. The highest BCUT2D eigenvalue weighted by molar-refractivity contribution is 14.1. The van der Waals surface area contributed by atoms with E-state index in [0.717, 1.165) is 9.13 Å². The highest BCUT2D eigenvalue weighted by Crippen LogP contribution is 2.30. The van der Waals surface area contributed by atoms with Crippen molar-refractivity contribution in [1.82, 2.24) is 0 Å². The van der Waals surface area contributed by atoms with Gasteiger partial charge in [-0.05, 0) is 40.3 Å². The van der Waals surface area contributed by atoms with Gasteiger partial charge >= 0.3 is 0 Å². The van der Waals surface area contributed by atoms with E-state index in [4.69, 9.17) is 4.74 Å². The predicted octanol–water partition coefficient (Wildman–Crippen LogP) is 3.39. The van der Waals surface area contributed by atoms with E-state index in [9.17, 15) is 9.90 Å². The van der Waals surface area contributed by atoms with Crippen molar-refractivity contribution in [3.05, 3.63) is 57.2 Å². The quantitative estimate of drug-likeness (QED) is 0.676. The van der Waals surface area contributed by atoms with E-state index < -0.39 is 0 Å². The van der Waals surface area contributed by atoms with Gasteiger partial charge in [0.05, 0.1) is 0 Å². The summed E-state index contributed by atoms with van der Waals surface area (Å²) in [5, 5.41) is 9.74. The number of phenols is 1. The van der Waals surface area contributed by atoms with Crippen molar-refractivity contribution in [2.45, 2.75) is 6.61 Å². The fourth-order valence-electron chi connectivity index (χ4n) is 1.50. The Hall–Kier alpha value is -1.56. The molecule has 3 nitrogen and oxygen atoms in total. The van der Waals surface area contributed by atoms with Crippen LogP contribution in [0.15, 0.2) is 42.5 Å². The molecule has 92 valence electrons. The Morgan fingerprint density at radius 2 is 1.94 bits per heavy atom. The molecule has 0 aliphatic carbocycles. The summed E-state index contributed by atoms with van der Waals surface area (Å²) in [5.74, 6) is 0.363. The fourth-order valence-corrected chi connectivity index (χ4v) is 2.07. The third-order valence-electron chi connectivity index (χ3n) is 2.44. The Morgan fingerprint density at radius 1 is 1.22 bits per heavy atom. The van der Waals surface area contributed by atoms with Crippen LogP contribution < -0.4 is 4.74 Å². The molecule has 1 N–H and O–H groups in total. The monoisotopic (exact) mass is 354 g/mol. The molecule has 0 aliphatic heterocycles. The molecule has 0 saturated carbocycles. The van der Waals surface area contributed by atoms with Crippen molar-refractivity contribution in [2.24, 2.45) is 0 Å². The molecule has 2 aromatic rings. The average molecular weight is 354 g/mol. The topological polar surface area (TPSA) is 46.5 Å². The number of halogens is 1. The molecule has 0 aromatic heterocycles. The second-order valence-corrected chi connectivity index (χ2v) is 4.90. The molecular weight excluding hydrogens is 343 g/mol. The molecule has 2 aromatic carbocycles. The molecule has 0 saturated heterocycles. The minimum absolute atomic E-state index is 0.0200. The zero-order valence-electron chi connectivity index (χ0n) is 9.47. The minimum Gasteiger partial charge on any atom is -0.504 e. The number of ether oxygens (including phenoxy) is 1. The fraction of sp³-hybridized carbons (Fsp3) is 0.0714. The van der Waals surface area contributed by atoms with Crippen LogP contribution in [0.1, 0.15) is 15.9 Å². The van der Waals surface area contributed by atoms with Crippen LogP contribution in [0.3, 0.4) is 0 Å². The van der Waals surface area contributed by atoms with Crippen LogP contribution in [-0.4, -0.2) is 11.4 Å². The molecule has 0 fully saturated rings. The first kappa shape index (κ1) is 12.9. The van der Waals surface area contributed by atoms with E-state index in [1.54, 1.807) is 6.07 Å². The number of hydrogen-bond donors (Lipinski definition) is 1. The van der Waals surface area contributed by atoms with Gasteiger partial charge in [0.25, 0.3) is 0 Å². The van der Waals surface area contributed by atoms with Gasteiger partial charge in [-0.25, -0.2) is 0 Å². The number of carbonyl (C=O) groups excluding carboxylic acids is 1. The lowest BCUT2D eigenvalue weighted by Crippen LogP contribution is -1.97. The van der Waals surface area contributed by atoms with Crippen molar-refractivity contribution < 1.29 is 14.6 Å². The van der Waals surface area contributed by atoms with Crippen molar-refractivity contribution in [3.8, 4) is 11.5 Å². The molecule has 0 aliphatic rings. The van der Waals surface area contributed by atoms with E-state index in [2.05, 4.69) is 0 Å². The first-order valence-electron chi connectivity index (χ1n) is 5.35. The van der Waals surface area contributed by atoms with Crippen LogP contribution in [0, 0.1) is 3.57 Å². The van der Waals surface area contributed by atoms with Crippen LogP contribution in [0.25, 0.3) is 0 Å². The van der Waals surface area contributed by atoms with Crippen LogP contribution in [0.4, 0.5) is 0 Å². The summed E-state index contributed by atoms with van der Waals surface area (Å²) in [6, 6.07) is 12.7. The summed E-state index contributed by atoms with van der Waals surface area (Å²) >= 11 is 2.03. The zero-order chi connectivity index (χ0) is 13.0. The Balaban J connectivity index is 2.15. The molecule has 0 bridgehead atoms. The van der Waals surface area contributed by atoms with Gasteiger partial charge in [0.2, 0.25) is 0 Å². The molecular formula is C14H11IO3. The van der Waals surface area contributed by atoms with Crippen LogP contribution in [0.5, 0.6) is 11.5 Å². The van der Waals surface area contributed by atoms with E-state index in [-0.39, 0.29) is 5.75 Å². The lowest BCUT2D eigenvalue weighted by molar-refractivity contribution is 0.112. The molecule has 0 radical (unpaired) electrons. The molecule has 0 spiro atoms. The van der Waals surface area contributed by atoms with Gasteiger partial charge in [0.1, 0.15) is 6.61 Å². The van der Waals surface area contributed by atoms with Gasteiger partial charge in [-0.2, -0.15) is 0 Å². The number of carbonyl (C=O) groups is 1. The zero-order valence-corrected chi connectivity index (χ0v) is 11.6. The molecule has 0 atom stereocenters. The lowest BCUT2D eigenvalue weighted by atomic mass is 10.2. The minimum atomic E-state index is -0.0200. The third-order valence-corrected chi connectivity index (χ3v) is 3.38. The highest BCUT2D eigenvalue weighted by atomic mass is 127. The molecule has 0 unspecified atom stereocenters. The van der Waals surface area contributed by atoms with Gasteiger partial charge in [-0.15, -0.1) is 0 Å². The predicted molar refractivity (Wildman–Crippen MR) is 77.0 cm³/mol. The van der Waals surface area contributed by atoms with E-state index >= 15 is 0 Å². The summed E-state index contributed by atoms with van der Waals surface area (Å²) in [4.78, 5) is 10.7. The van der Waals surface area contributed by atoms with Gasteiger partial charge < -0.3 is 9.84 Å². The molecule has 2 rings (SSSR count). The van der Waals surface area contributed by atoms with Crippen molar-refractivity contribution >= 4 is 28.9 Å². The SMILES string of the molecule is O=Cc1cc(O)c(OCc2ccccc2)cc1I. The number of aldehydes is 1. The second kappa shape index (κ2) is 5.86. The summed E-state index contributed by atoms with van der Waals surface area (Å²) in [6.07, 6.45) is 0.711. The number of rotatable bonds is 4. The Bertz CT molecular complexity index is 552. The number of aromatic hydroxyl groups is 1. The van der Waals surface area contributed by atoms with Gasteiger partial charge in [-0.3, -0.25) is 4.79 Å². The standard InChI is InChI=1S/C14H11IO3/c15-12-7-14(13(17)6-11(12)8-16)18-9-10-4-2-1-3-5-10/h1-8,17H,9H2. The van der Waals surface area contributed by atoms with Gasteiger partial charge in [0.15, 0.2) is 17.8 Å². The van der Waals surface area contributed by atoms with E-state index in [1.807, 2.05) is 52.9 Å². The summed E-state index contributed by atoms with van der Waals surface area (Å²) in [6.45, 7) is 0.380. The maximum absolute atomic E-state index is 10.7. The smallest absolute Gasteiger partial charge is 0.162 e. The average Bonchev–Trinajstić information content (AvgIpc) is 2.40. The number of phenolic OH excluding ortho intramolecular Hbond substituents is 1. The summed E-state index contributed by atoms with van der Waals surface area (Å²) < 4.78 is 6.29. The summed E-state index contributed by atoms with van der Waals surface area (Å²) in [7, 11) is 0. The van der Waals surface area contributed by atoms with Crippen LogP contribution in [0.2, 0.25) is 0 Å². The first-order chi connectivity index (χ1) is 8.70. The second-order valence-electron chi connectivity index (χ2n) is 3.73. The molecule has 4 heteroatoms. The Morgan fingerprint density at radius 3 is 2.61 bits per heavy atom. The van der Waals surface area contributed by atoms with Gasteiger partial charge in [-0.1, -0.05) is 30.3 Å². The normalized spacial score (nSPS) is 10.1. The maximum atomic E-state index is 10.7. The Labute approximate surface area is 119 Å². The number of hydrogen-bond acceptors (Lipinski definition) is 3.